The highest BCUT2D eigenvalue weighted by Gasteiger charge is 2.18. The van der Waals surface area contributed by atoms with Gasteiger partial charge in [0.1, 0.15) is 6.73 Å². The molecule has 3 heteroatoms. The van der Waals surface area contributed by atoms with Crippen LogP contribution in [0.25, 0.3) is 11.3 Å². The van der Waals surface area contributed by atoms with Crippen molar-refractivity contribution in [2.75, 3.05) is 6.61 Å². The zero-order valence-electron chi connectivity index (χ0n) is 10.0. The predicted octanol–water partition coefficient (Wildman–Crippen LogP) is 2.64. The molecule has 1 aliphatic carbocycles. The summed E-state index contributed by atoms with van der Waals surface area (Å²) in [5, 5.41) is 4.62. The van der Waals surface area contributed by atoms with Gasteiger partial charge in [0, 0.05) is 18.4 Å². The lowest BCUT2D eigenvalue weighted by Gasteiger charge is -2.13. The molecule has 1 heterocycles. The summed E-state index contributed by atoms with van der Waals surface area (Å²) in [7, 11) is 0. The van der Waals surface area contributed by atoms with Crippen molar-refractivity contribution in [3.63, 3.8) is 0 Å². The predicted molar refractivity (Wildman–Crippen MR) is 66.7 cm³/mol. The molecule has 0 saturated heterocycles. The molecule has 0 amide bonds. The van der Waals surface area contributed by atoms with Crippen molar-refractivity contribution in [3.8, 4) is 11.3 Å². The summed E-state index contributed by atoms with van der Waals surface area (Å²) >= 11 is 0. The second kappa shape index (κ2) is 4.34. The fraction of sp³-hybridized carbons (Fsp3) is 0.357. The molecule has 88 valence electrons. The van der Waals surface area contributed by atoms with Gasteiger partial charge >= 0.3 is 0 Å². The first kappa shape index (κ1) is 10.5. The third-order valence-electron chi connectivity index (χ3n) is 3.20. The van der Waals surface area contributed by atoms with Gasteiger partial charge in [-0.3, -0.25) is 0 Å². The van der Waals surface area contributed by atoms with Crippen LogP contribution in [0.3, 0.4) is 0 Å². The summed E-state index contributed by atoms with van der Waals surface area (Å²) in [6.45, 7) is 3.27. The van der Waals surface area contributed by atoms with Gasteiger partial charge in [-0.05, 0) is 30.9 Å². The van der Waals surface area contributed by atoms with Crippen molar-refractivity contribution in [1.82, 2.24) is 9.78 Å². The topological polar surface area (TPSA) is 27.1 Å². The second-order valence-corrected chi connectivity index (χ2v) is 4.32. The van der Waals surface area contributed by atoms with Crippen molar-refractivity contribution < 1.29 is 4.74 Å². The van der Waals surface area contributed by atoms with Crippen LogP contribution in [0.5, 0.6) is 0 Å². The van der Waals surface area contributed by atoms with E-state index in [1.54, 1.807) is 0 Å². The minimum atomic E-state index is 0.547. The van der Waals surface area contributed by atoms with E-state index in [1.165, 1.54) is 16.7 Å². The second-order valence-electron chi connectivity index (χ2n) is 4.32. The first-order chi connectivity index (χ1) is 8.38. The summed E-state index contributed by atoms with van der Waals surface area (Å²) in [6, 6.07) is 8.53. The lowest BCUT2D eigenvalue weighted by Crippen LogP contribution is -2.03. The van der Waals surface area contributed by atoms with Crippen molar-refractivity contribution in [2.24, 2.45) is 0 Å². The average molecular weight is 228 g/mol. The fourth-order valence-electron chi connectivity index (χ4n) is 2.36. The van der Waals surface area contributed by atoms with Gasteiger partial charge in [-0.25, -0.2) is 4.68 Å². The van der Waals surface area contributed by atoms with Crippen LogP contribution in [0.15, 0.2) is 30.5 Å². The van der Waals surface area contributed by atoms with E-state index in [0.717, 1.165) is 25.1 Å². The van der Waals surface area contributed by atoms with E-state index in [0.29, 0.717) is 6.73 Å². The maximum absolute atomic E-state index is 5.39. The first-order valence-electron chi connectivity index (χ1n) is 6.11. The highest BCUT2D eigenvalue weighted by molar-refractivity contribution is 5.69. The smallest absolute Gasteiger partial charge is 0.139 e. The molecule has 3 rings (SSSR count). The van der Waals surface area contributed by atoms with Gasteiger partial charge in [-0.2, -0.15) is 5.10 Å². The number of benzene rings is 1. The van der Waals surface area contributed by atoms with E-state index < -0.39 is 0 Å². The molecule has 2 aromatic rings. The quantitative estimate of drug-likeness (QED) is 0.807. The van der Waals surface area contributed by atoms with Crippen LogP contribution in [0.2, 0.25) is 0 Å². The molecule has 1 aromatic carbocycles. The number of ether oxygens (including phenoxy) is 1. The number of hydrogen-bond donors (Lipinski definition) is 0. The molecule has 1 aliphatic rings. The molecule has 0 aliphatic heterocycles. The largest absolute Gasteiger partial charge is 0.360 e. The van der Waals surface area contributed by atoms with E-state index in [2.05, 4.69) is 35.6 Å². The molecule has 0 fully saturated rings. The van der Waals surface area contributed by atoms with E-state index in [4.69, 9.17) is 4.74 Å². The molecule has 0 unspecified atom stereocenters. The summed E-state index contributed by atoms with van der Waals surface area (Å²) in [5.74, 6) is 0. The van der Waals surface area contributed by atoms with Gasteiger partial charge in [0.15, 0.2) is 0 Å². The molecule has 0 N–H and O–H groups in total. The SMILES string of the molecule is CCOCn1cc2c(n1)-c1ccccc1CC2. The number of nitrogens with zero attached hydrogens (tertiary/aromatic N) is 2. The van der Waals surface area contributed by atoms with E-state index in [1.807, 2.05) is 11.6 Å². The summed E-state index contributed by atoms with van der Waals surface area (Å²) in [5.41, 5.74) is 5.15. The van der Waals surface area contributed by atoms with Crippen LogP contribution < -0.4 is 0 Å². The monoisotopic (exact) mass is 228 g/mol. The Balaban J connectivity index is 1.98. The van der Waals surface area contributed by atoms with Crippen LogP contribution >= 0.6 is 0 Å². The Morgan fingerprint density at radius 3 is 2.94 bits per heavy atom. The van der Waals surface area contributed by atoms with Crippen LogP contribution in [-0.4, -0.2) is 16.4 Å². The Morgan fingerprint density at radius 2 is 2.06 bits per heavy atom. The minimum absolute atomic E-state index is 0.547. The van der Waals surface area contributed by atoms with Crippen LogP contribution in [-0.2, 0) is 24.3 Å². The number of aryl methyl sites for hydroxylation is 2. The first-order valence-corrected chi connectivity index (χ1v) is 6.11. The summed E-state index contributed by atoms with van der Waals surface area (Å²) in [4.78, 5) is 0. The standard InChI is InChI=1S/C14H16N2O/c1-2-17-10-16-9-12-8-7-11-5-3-4-6-13(11)14(12)15-16/h3-6,9H,2,7-8,10H2,1H3. The van der Waals surface area contributed by atoms with E-state index in [-0.39, 0.29) is 0 Å². The van der Waals surface area contributed by atoms with E-state index >= 15 is 0 Å². The molecule has 1 aromatic heterocycles. The summed E-state index contributed by atoms with van der Waals surface area (Å²) < 4.78 is 7.28. The molecule has 3 nitrogen and oxygen atoms in total. The van der Waals surface area contributed by atoms with Gasteiger partial charge in [0.2, 0.25) is 0 Å². The lowest BCUT2D eigenvalue weighted by atomic mass is 9.91. The minimum Gasteiger partial charge on any atom is -0.360 e. The van der Waals surface area contributed by atoms with Crippen molar-refractivity contribution >= 4 is 0 Å². The number of fused-ring (bicyclic) bond motifs is 3. The van der Waals surface area contributed by atoms with Crippen LogP contribution in [0.1, 0.15) is 18.1 Å². The highest BCUT2D eigenvalue weighted by Crippen LogP contribution is 2.31. The number of aromatic nitrogens is 2. The van der Waals surface area contributed by atoms with Gasteiger partial charge in [-0.1, -0.05) is 24.3 Å². The van der Waals surface area contributed by atoms with Gasteiger partial charge in [-0.15, -0.1) is 0 Å². The molecular weight excluding hydrogens is 212 g/mol. The van der Waals surface area contributed by atoms with Gasteiger partial charge < -0.3 is 4.74 Å². The van der Waals surface area contributed by atoms with Crippen LogP contribution in [0.4, 0.5) is 0 Å². The molecule has 0 saturated carbocycles. The van der Waals surface area contributed by atoms with Crippen LogP contribution in [0, 0.1) is 0 Å². The molecular formula is C14H16N2O. The Labute approximate surface area is 101 Å². The number of hydrogen-bond acceptors (Lipinski definition) is 2. The maximum Gasteiger partial charge on any atom is 0.139 e. The zero-order chi connectivity index (χ0) is 11.7. The lowest BCUT2D eigenvalue weighted by molar-refractivity contribution is 0.0793. The third-order valence-corrected chi connectivity index (χ3v) is 3.20. The van der Waals surface area contributed by atoms with Crippen molar-refractivity contribution in [1.29, 1.82) is 0 Å². The third kappa shape index (κ3) is 1.87. The Kier molecular flexibility index (Phi) is 2.69. The molecule has 0 spiro atoms. The Hall–Kier alpha value is -1.61. The zero-order valence-corrected chi connectivity index (χ0v) is 10.0. The summed E-state index contributed by atoms with van der Waals surface area (Å²) in [6.07, 6.45) is 4.31. The molecule has 0 bridgehead atoms. The molecule has 17 heavy (non-hydrogen) atoms. The van der Waals surface area contributed by atoms with Crippen molar-refractivity contribution in [3.05, 3.63) is 41.6 Å². The van der Waals surface area contributed by atoms with Gasteiger partial charge in [0.05, 0.1) is 5.69 Å². The Morgan fingerprint density at radius 1 is 1.24 bits per heavy atom. The molecule has 0 radical (unpaired) electrons. The Bertz CT molecular complexity index is 531. The van der Waals surface area contributed by atoms with E-state index in [9.17, 15) is 0 Å². The fourth-order valence-corrected chi connectivity index (χ4v) is 2.36. The highest BCUT2D eigenvalue weighted by atomic mass is 16.5. The normalized spacial score (nSPS) is 13.2. The van der Waals surface area contributed by atoms with Crippen molar-refractivity contribution in [2.45, 2.75) is 26.5 Å². The number of rotatable bonds is 3. The molecule has 0 atom stereocenters. The van der Waals surface area contributed by atoms with Gasteiger partial charge in [0.25, 0.3) is 0 Å². The average Bonchev–Trinajstić information content (AvgIpc) is 2.79. The maximum atomic E-state index is 5.39.